The minimum Gasteiger partial charge on any atom is -0.496 e. The summed E-state index contributed by atoms with van der Waals surface area (Å²) in [5, 5.41) is 12.8. The molecule has 0 spiro atoms. The second kappa shape index (κ2) is 9.95. The molecular formula is C23H26N4O4S. The van der Waals surface area contributed by atoms with Crippen molar-refractivity contribution in [3.05, 3.63) is 42.0 Å². The van der Waals surface area contributed by atoms with E-state index in [1.54, 1.807) is 45.2 Å². The zero-order valence-corrected chi connectivity index (χ0v) is 19.4. The molecule has 4 rings (SSSR count). The van der Waals surface area contributed by atoms with E-state index in [0.29, 0.717) is 39.5 Å². The molecule has 1 unspecified atom stereocenters. The molecule has 2 aromatic carbocycles. The van der Waals surface area contributed by atoms with Crippen LogP contribution in [-0.4, -0.2) is 42.3 Å². The minimum atomic E-state index is -0.640. The summed E-state index contributed by atoms with van der Waals surface area (Å²) < 4.78 is 23.1. The lowest BCUT2D eigenvalue weighted by molar-refractivity contribution is 0.213. The highest BCUT2D eigenvalue weighted by molar-refractivity contribution is 7.99. The zero-order chi connectivity index (χ0) is 22.5. The van der Waals surface area contributed by atoms with Gasteiger partial charge in [-0.25, -0.2) is 0 Å². The van der Waals surface area contributed by atoms with Crippen molar-refractivity contribution in [1.82, 2.24) is 15.2 Å². The number of anilines is 1. The van der Waals surface area contributed by atoms with E-state index in [-0.39, 0.29) is 0 Å². The molecule has 168 valence electrons. The molecular weight excluding hydrogens is 428 g/mol. The van der Waals surface area contributed by atoms with Gasteiger partial charge in [0.1, 0.15) is 17.2 Å². The Balaban J connectivity index is 1.82. The molecule has 1 aliphatic rings. The third kappa shape index (κ3) is 4.38. The highest BCUT2D eigenvalue weighted by Crippen LogP contribution is 2.45. The summed E-state index contributed by atoms with van der Waals surface area (Å²) in [7, 11) is 4.80. The van der Waals surface area contributed by atoms with Gasteiger partial charge in [-0.3, -0.25) is 0 Å². The van der Waals surface area contributed by atoms with Crippen molar-refractivity contribution in [1.29, 1.82) is 0 Å². The Morgan fingerprint density at radius 3 is 2.47 bits per heavy atom. The molecule has 0 aliphatic carbocycles. The van der Waals surface area contributed by atoms with Crippen LogP contribution in [-0.2, 0) is 0 Å². The predicted molar refractivity (Wildman–Crippen MR) is 124 cm³/mol. The number of methoxy groups -OCH3 is 3. The lowest BCUT2D eigenvalue weighted by atomic mass is 10.1. The summed E-state index contributed by atoms with van der Waals surface area (Å²) in [5.74, 6) is 3.09. The summed E-state index contributed by atoms with van der Waals surface area (Å²) in [5.41, 5.74) is 2.99. The number of para-hydroxylation sites is 1. The second-order valence-corrected chi connectivity index (χ2v) is 8.15. The first-order valence-corrected chi connectivity index (χ1v) is 11.4. The number of hydrogen-bond donors (Lipinski definition) is 1. The Kier molecular flexibility index (Phi) is 6.84. The van der Waals surface area contributed by atoms with Crippen LogP contribution in [0.15, 0.2) is 41.6 Å². The van der Waals surface area contributed by atoms with Gasteiger partial charge in [-0.05, 0) is 12.5 Å². The number of ether oxygens (including phenoxy) is 4. The number of benzene rings is 2. The molecule has 32 heavy (non-hydrogen) atoms. The fourth-order valence-electron chi connectivity index (χ4n) is 3.44. The smallest absolute Gasteiger partial charge is 0.247 e. The standard InChI is InChI=1S/C23H26N4O4S/c1-5-6-11-32-23-25-22-20(26-27-23)15-9-7-8-10-16(15)24-21(31-22)19-17(29-3)12-14(28-2)13-18(19)30-4/h7-10,12-13,21,24H,5-6,11H2,1-4H3. The molecule has 1 N–H and O–H groups in total. The first-order chi connectivity index (χ1) is 15.7. The maximum Gasteiger partial charge on any atom is 0.247 e. The Labute approximate surface area is 191 Å². The fourth-order valence-corrected chi connectivity index (χ4v) is 4.30. The summed E-state index contributed by atoms with van der Waals surface area (Å²) >= 11 is 1.57. The maximum absolute atomic E-state index is 6.39. The highest BCUT2D eigenvalue weighted by atomic mass is 32.2. The highest BCUT2D eigenvalue weighted by Gasteiger charge is 2.30. The van der Waals surface area contributed by atoms with Crippen LogP contribution < -0.4 is 24.3 Å². The molecule has 0 fully saturated rings. The minimum absolute atomic E-state index is 0.404. The van der Waals surface area contributed by atoms with Crippen LogP contribution in [0.5, 0.6) is 23.1 Å². The molecule has 0 saturated heterocycles. The van der Waals surface area contributed by atoms with Crippen LogP contribution in [0, 0.1) is 0 Å². The Hall–Kier alpha value is -3.20. The monoisotopic (exact) mass is 454 g/mol. The summed E-state index contributed by atoms with van der Waals surface area (Å²) in [6.45, 7) is 2.16. The normalized spacial score (nSPS) is 14.3. The summed E-state index contributed by atoms with van der Waals surface area (Å²) in [6, 6.07) is 11.4. The third-order valence-corrected chi connectivity index (χ3v) is 6.00. The van der Waals surface area contributed by atoms with E-state index in [1.807, 2.05) is 24.3 Å². The molecule has 0 radical (unpaired) electrons. The topological polar surface area (TPSA) is 87.6 Å². The quantitative estimate of drug-likeness (QED) is 0.375. The number of rotatable bonds is 8. The molecule has 0 amide bonds. The van der Waals surface area contributed by atoms with Gasteiger partial charge >= 0.3 is 0 Å². The van der Waals surface area contributed by atoms with E-state index >= 15 is 0 Å². The van der Waals surface area contributed by atoms with Crippen molar-refractivity contribution < 1.29 is 18.9 Å². The molecule has 0 bridgehead atoms. The Morgan fingerprint density at radius 1 is 1.03 bits per heavy atom. The fraction of sp³-hybridized carbons (Fsp3) is 0.348. The number of nitrogens with zero attached hydrogens (tertiary/aromatic N) is 3. The molecule has 2 heterocycles. The number of nitrogens with one attached hydrogen (secondary N) is 1. The molecule has 9 heteroatoms. The van der Waals surface area contributed by atoms with Crippen molar-refractivity contribution in [3.8, 4) is 34.4 Å². The van der Waals surface area contributed by atoms with E-state index in [1.165, 1.54) is 0 Å². The van der Waals surface area contributed by atoms with Gasteiger partial charge in [-0.15, -0.1) is 10.2 Å². The first-order valence-electron chi connectivity index (χ1n) is 10.4. The van der Waals surface area contributed by atoms with Gasteiger partial charge in [0.25, 0.3) is 0 Å². The lowest BCUT2D eigenvalue weighted by Gasteiger charge is -2.23. The van der Waals surface area contributed by atoms with Crippen LogP contribution in [0.25, 0.3) is 11.3 Å². The second-order valence-electron chi connectivity index (χ2n) is 7.08. The van der Waals surface area contributed by atoms with E-state index in [2.05, 4.69) is 27.4 Å². The zero-order valence-electron chi connectivity index (χ0n) is 18.5. The number of unbranched alkanes of at least 4 members (excludes halogenated alkanes) is 1. The van der Waals surface area contributed by atoms with Crippen LogP contribution in [0.3, 0.4) is 0 Å². The van der Waals surface area contributed by atoms with Crippen molar-refractivity contribution in [2.45, 2.75) is 31.1 Å². The molecule has 0 saturated carbocycles. The van der Waals surface area contributed by atoms with Gasteiger partial charge in [-0.2, -0.15) is 4.98 Å². The molecule has 1 aromatic heterocycles. The van der Waals surface area contributed by atoms with E-state index in [4.69, 9.17) is 18.9 Å². The van der Waals surface area contributed by atoms with E-state index < -0.39 is 6.23 Å². The predicted octanol–water partition coefficient (Wildman–Crippen LogP) is 4.96. The van der Waals surface area contributed by atoms with E-state index in [9.17, 15) is 0 Å². The number of hydrogen-bond acceptors (Lipinski definition) is 9. The average molecular weight is 455 g/mol. The maximum atomic E-state index is 6.39. The van der Waals surface area contributed by atoms with E-state index in [0.717, 1.165) is 29.8 Å². The van der Waals surface area contributed by atoms with Crippen LogP contribution in [0.4, 0.5) is 5.69 Å². The van der Waals surface area contributed by atoms with Crippen LogP contribution in [0.2, 0.25) is 0 Å². The van der Waals surface area contributed by atoms with Gasteiger partial charge in [0.2, 0.25) is 17.3 Å². The first kappa shape index (κ1) is 22.0. The number of aromatic nitrogens is 3. The van der Waals surface area contributed by atoms with Gasteiger partial charge < -0.3 is 24.3 Å². The lowest BCUT2D eigenvalue weighted by Crippen LogP contribution is -2.19. The molecule has 1 aliphatic heterocycles. The number of thioether (sulfide) groups is 1. The van der Waals surface area contributed by atoms with Crippen molar-refractivity contribution >= 4 is 17.4 Å². The van der Waals surface area contributed by atoms with Crippen molar-refractivity contribution in [3.63, 3.8) is 0 Å². The number of fused-ring (bicyclic) bond motifs is 3. The van der Waals surface area contributed by atoms with Gasteiger partial charge in [0.05, 0.1) is 26.9 Å². The SMILES string of the molecule is CCCCSc1nnc2c(n1)OC(c1c(OC)cc(OC)cc1OC)Nc1ccccc1-2. The van der Waals surface area contributed by atoms with Gasteiger partial charge in [-0.1, -0.05) is 43.3 Å². The summed E-state index contributed by atoms with van der Waals surface area (Å²) in [6.07, 6.45) is 1.55. The largest absolute Gasteiger partial charge is 0.496 e. The van der Waals surface area contributed by atoms with Gasteiger partial charge in [0, 0.05) is 29.1 Å². The van der Waals surface area contributed by atoms with Crippen molar-refractivity contribution in [2.75, 3.05) is 32.4 Å². The van der Waals surface area contributed by atoms with Crippen LogP contribution in [0.1, 0.15) is 31.6 Å². The van der Waals surface area contributed by atoms with Gasteiger partial charge in [0.15, 0.2) is 5.69 Å². The average Bonchev–Trinajstić information content (AvgIpc) is 2.99. The third-order valence-electron chi connectivity index (χ3n) is 5.08. The summed E-state index contributed by atoms with van der Waals surface area (Å²) in [4.78, 5) is 4.69. The Morgan fingerprint density at radius 2 is 1.78 bits per heavy atom. The molecule has 3 aromatic rings. The Bertz CT molecular complexity index is 1070. The molecule has 1 atom stereocenters. The molecule has 8 nitrogen and oxygen atoms in total. The van der Waals surface area contributed by atoms with Crippen molar-refractivity contribution in [2.24, 2.45) is 0 Å². The van der Waals surface area contributed by atoms with Crippen LogP contribution >= 0.6 is 11.8 Å².